The molecular weight excluding hydrogens is 466 g/mol. The van der Waals surface area contributed by atoms with E-state index in [-0.39, 0.29) is 11.7 Å². The van der Waals surface area contributed by atoms with Gasteiger partial charge in [0.25, 0.3) is 5.91 Å². The number of amides is 1. The van der Waals surface area contributed by atoms with Crippen LogP contribution < -0.4 is 9.47 Å². The Kier molecular flexibility index (Phi) is 7.12. The summed E-state index contributed by atoms with van der Waals surface area (Å²) in [7, 11) is 1.62. The van der Waals surface area contributed by atoms with Gasteiger partial charge in [0, 0.05) is 17.7 Å². The molecule has 37 heavy (non-hydrogen) atoms. The molecule has 1 amide bonds. The zero-order valence-electron chi connectivity index (χ0n) is 21.1. The molecule has 7 nitrogen and oxygen atoms in total. The molecule has 2 heterocycles. The minimum atomic E-state index is -0.404. The molecule has 0 radical (unpaired) electrons. The zero-order chi connectivity index (χ0) is 25.8. The quantitative estimate of drug-likeness (QED) is 0.272. The molecule has 0 bridgehead atoms. The summed E-state index contributed by atoms with van der Waals surface area (Å²) in [5.41, 5.74) is 4.38. The van der Waals surface area contributed by atoms with Crippen LogP contribution in [0, 0.1) is 0 Å². The predicted molar refractivity (Wildman–Crippen MR) is 142 cm³/mol. The second-order valence-electron chi connectivity index (χ2n) is 9.13. The van der Waals surface area contributed by atoms with Gasteiger partial charge in [0.2, 0.25) is 0 Å². The molecule has 0 unspecified atom stereocenters. The van der Waals surface area contributed by atoms with Gasteiger partial charge in [0.15, 0.2) is 11.5 Å². The second-order valence-corrected chi connectivity index (χ2v) is 9.13. The van der Waals surface area contributed by atoms with E-state index in [1.807, 2.05) is 53.4 Å². The van der Waals surface area contributed by atoms with Gasteiger partial charge in [-0.25, -0.2) is 0 Å². The van der Waals surface area contributed by atoms with Crippen LogP contribution in [0.15, 0.2) is 72.8 Å². The molecule has 4 aromatic rings. The predicted octanol–water partition coefficient (Wildman–Crippen LogP) is 5.76. The first-order chi connectivity index (χ1) is 18.1. The van der Waals surface area contributed by atoms with Crippen molar-refractivity contribution in [3.8, 4) is 28.5 Å². The Morgan fingerprint density at radius 2 is 1.81 bits per heavy atom. The normalized spacial score (nSPS) is 14.6. The van der Waals surface area contributed by atoms with Crippen molar-refractivity contribution in [3.05, 3.63) is 95.2 Å². The van der Waals surface area contributed by atoms with Crippen molar-refractivity contribution in [1.82, 2.24) is 15.1 Å². The van der Waals surface area contributed by atoms with E-state index in [1.165, 1.54) is 0 Å². The second kappa shape index (κ2) is 10.8. The van der Waals surface area contributed by atoms with Gasteiger partial charge in [-0.2, -0.15) is 5.10 Å². The maximum Gasteiger partial charge on any atom is 0.273 e. The summed E-state index contributed by atoms with van der Waals surface area (Å²) in [6, 6.07) is 22.6. The van der Waals surface area contributed by atoms with Crippen molar-refractivity contribution in [2.45, 2.75) is 32.2 Å². The Hall–Kier alpha value is -4.26. The van der Waals surface area contributed by atoms with Crippen LogP contribution >= 0.6 is 0 Å². The average Bonchev–Trinajstić information content (AvgIpc) is 3.47. The van der Waals surface area contributed by atoms with Gasteiger partial charge in [0.1, 0.15) is 17.1 Å². The van der Waals surface area contributed by atoms with Crippen molar-refractivity contribution < 1.29 is 19.4 Å². The average molecular weight is 498 g/mol. The Balaban J connectivity index is 1.57. The summed E-state index contributed by atoms with van der Waals surface area (Å²) in [6.07, 6.45) is 2.71. The lowest BCUT2D eigenvalue weighted by atomic mass is 9.95. The van der Waals surface area contributed by atoms with Crippen molar-refractivity contribution in [3.63, 3.8) is 0 Å². The van der Waals surface area contributed by atoms with E-state index in [2.05, 4.69) is 29.3 Å². The smallest absolute Gasteiger partial charge is 0.273 e. The highest BCUT2D eigenvalue weighted by atomic mass is 16.5. The minimum absolute atomic E-state index is 0.114. The molecule has 1 aromatic heterocycles. The summed E-state index contributed by atoms with van der Waals surface area (Å²) in [4.78, 5) is 15.5. The van der Waals surface area contributed by atoms with E-state index in [4.69, 9.17) is 9.47 Å². The number of phenolic OH excluding ortho intramolecular Hbond substituents is 1. The van der Waals surface area contributed by atoms with Crippen molar-refractivity contribution in [2.75, 3.05) is 20.3 Å². The standard InChI is InChI=1S/C30H31N3O4/c1-3-4-18-37-24-15-14-21(19-25(24)36-2)29-26-27(22-12-8-9-13-23(22)34)31-32-28(26)30(35)33(29)17-16-20-10-6-5-7-11-20/h5-15,19,29,34H,3-4,16-18H2,1-2H3,(H,31,32)/t29-/m1/s1. The number of benzene rings is 3. The van der Waals surface area contributed by atoms with Gasteiger partial charge in [-0.3, -0.25) is 9.89 Å². The van der Waals surface area contributed by atoms with Gasteiger partial charge < -0.3 is 19.5 Å². The fourth-order valence-electron chi connectivity index (χ4n) is 4.85. The number of fused-ring (bicyclic) bond motifs is 1. The number of aromatic nitrogens is 2. The molecule has 190 valence electrons. The third-order valence-electron chi connectivity index (χ3n) is 6.77. The fraction of sp³-hybridized carbons (Fsp3) is 0.267. The molecular formula is C30H31N3O4. The van der Waals surface area contributed by atoms with Crippen molar-refractivity contribution >= 4 is 5.91 Å². The number of carbonyl (C=O) groups excluding carboxylic acids is 1. The Labute approximate surface area is 216 Å². The number of nitrogens with zero attached hydrogens (tertiary/aromatic N) is 2. The number of hydrogen-bond acceptors (Lipinski definition) is 5. The molecule has 0 saturated heterocycles. The molecule has 2 N–H and O–H groups in total. The maximum absolute atomic E-state index is 13.7. The molecule has 0 saturated carbocycles. The van der Waals surface area contributed by atoms with Crippen molar-refractivity contribution in [1.29, 1.82) is 0 Å². The third-order valence-corrected chi connectivity index (χ3v) is 6.77. The first kappa shape index (κ1) is 24.4. The number of unbranched alkanes of at least 4 members (excludes halogenated alkanes) is 1. The molecule has 3 aromatic carbocycles. The van der Waals surface area contributed by atoms with Crippen LogP contribution in [-0.4, -0.2) is 46.4 Å². The molecule has 1 aliphatic heterocycles. The Bertz CT molecular complexity index is 1380. The third kappa shape index (κ3) is 4.77. The summed E-state index contributed by atoms with van der Waals surface area (Å²) >= 11 is 0. The van der Waals surface area contributed by atoms with E-state index in [1.54, 1.807) is 19.2 Å². The van der Waals surface area contributed by atoms with Gasteiger partial charge in [-0.15, -0.1) is 0 Å². The number of nitrogens with one attached hydrogen (secondary N) is 1. The first-order valence-electron chi connectivity index (χ1n) is 12.6. The van der Waals surface area contributed by atoms with Crippen LogP contribution in [0.4, 0.5) is 0 Å². The topological polar surface area (TPSA) is 87.7 Å². The maximum atomic E-state index is 13.7. The number of H-pyrrole nitrogens is 1. The largest absolute Gasteiger partial charge is 0.507 e. The van der Waals surface area contributed by atoms with Gasteiger partial charge in [-0.05, 0) is 48.2 Å². The van der Waals surface area contributed by atoms with Crippen molar-refractivity contribution in [2.24, 2.45) is 0 Å². The summed E-state index contributed by atoms with van der Waals surface area (Å²) in [6.45, 7) is 3.25. The lowest BCUT2D eigenvalue weighted by Crippen LogP contribution is -2.31. The van der Waals surface area contributed by atoms with E-state index in [0.29, 0.717) is 48.0 Å². The molecule has 7 heteroatoms. The number of ether oxygens (including phenoxy) is 2. The minimum Gasteiger partial charge on any atom is -0.507 e. The lowest BCUT2D eigenvalue weighted by molar-refractivity contribution is 0.0745. The Morgan fingerprint density at radius 1 is 1.03 bits per heavy atom. The molecule has 1 atom stereocenters. The van der Waals surface area contributed by atoms with E-state index in [9.17, 15) is 9.90 Å². The van der Waals surface area contributed by atoms with Crippen LogP contribution in [0.2, 0.25) is 0 Å². The van der Waals surface area contributed by atoms with E-state index < -0.39 is 6.04 Å². The molecule has 0 aliphatic carbocycles. The number of para-hydroxylation sites is 1. The number of aromatic amines is 1. The molecule has 1 aliphatic rings. The first-order valence-corrected chi connectivity index (χ1v) is 12.6. The summed E-state index contributed by atoms with van der Waals surface area (Å²) < 4.78 is 11.6. The highest BCUT2D eigenvalue weighted by Gasteiger charge is 2.42. The van der Waals surface area contributed by atoms with Crippen LogP contribution in [0.25, 0.3) is 11.3 Å². The number of aromatic hydroxyl groups is 1. The van der Waals surface area contributed by atoms with E-state index in [0.717, 1.165) is 29.5 Å². The molecule has 0 spiro atoms. The van der Waals surface area contributed by atoms with E-state index >= 15 is 0 Å². The SMILES string of the molecule is CCCCOc1ccc([C@@H]2c3c(-c4ccccc4O)n[nH]c3C(=O)N2CCc2ccccc2)cc1OC. The number of methoxy groups -OCH3 is 1. The number of rotatable bonds is 10. The lowest BCUT2D eigenvalue weighted by Gasteiger charge is -2.27. The number of carbonyl (C=O) groups is 1. The number of hydrogen-bond donors (Lipinski definition) is 2. The summed E-state index contributed by atoms with van der Waals surface area (Å²) in [5.74, 6) is 1.29. The Morgan fingerprint density at radius 3 is 2.57 bits per heavy atom. The van der Waals surface area contributed by atoms with Gasteiger partial charge >= 0.3 is 0 Å². The van der Waals surface area contributed by atoms with Crippen LogP contribution in [0.1, 0.15) is 53.0 Å². The highest BCUT2D eigenvalue weighted by Crippen LogP contribution is 2.45. The van der Waals surface area contributed by atoms with Crippen LogP contribution in [-0.2, 0) is 6.42 Å². The van der Waals surface area contributed by atoms with Gasteiger partial charge in [-0.1, -0.05) is 61.9 Å². The monoisotopic (exact) mass is 497 g/mol. The van der Waals surface area contributed by atoms with Crippen LogP contribution in [0.5, 0.6) is 17.2 Å². The van der Waals surface area contributed by atoms with Crippen LogP contribution in [0.3, 0.4) is 0 Å². The zero-order valence-corrected chi connectivity index (χ0v) is 21.1. The summed E-state index contributed by atoms with van der Waals surface area (Å²) in [5, 5.41) is 18.0. The molecule has 5 rings (SSSR count). The molecule has 0 fully saturated rings. The fourth-order valence-corrected chi connectivity index (χ4v) is 4.85. The highest BCUT2D eigenvalue weighted by molar-refractivity contribution is 6.00. The number of phenols is 1. The van der Waals surface area contributed by atoms with Gasteiger partial charge in [0.05, 0.1) is 19.8 Å².